The largest absolute Gasteiger partial charge is 0.462 e. The van der Waals surface area contributed by atoms with Crippen molar-refractivity contribution in [3.05, 3.63) is 0 Å². The molecule has 0 aliphatic carbocycles. The van der Waals surface area contributed by atoms with Gasteiger partial charge in [0.25, 0.3) is 0 Å². The number of Topliss-reactive ketones (excluding diaryl/α,β-unsaturated/α-hetero) is 1. The smallest absolute Gasteiger partial charge is 0.332 e. The van der Waals surface area contributed by atoms with Crippen molar-refractivity contribution in [3.8, 4) is 0 Å². The molecule has 0 aromatic heterocycles. The van der Waals surface area contributed by atoms with Crippen LogP contribution in [0.3, 0.4) is 0 Å². The summed E-state index contributed by atoms with van der Waals surface area (Å²) in [4.78, 5) is 22.2. The van der Waals surface area contributed by atoms with Crippen molar-refractivity contribution in [2.45, 2.75) is 27.2 Å². The van der Waals surface area contributed by atoms with Gasteiger partial charge in [-0.1, -0.05) is 20.8 Å². The lowest BCUT2D eigenvalue weighted by Gasteiger charge is -2.07. The highest BCUT2D eigenvalue weighted by atomic mass is 16.6. The summed E-state index contributed by atoms with van der Waals surface area (Å²) in [6.45, 7) is 6.57. The van der Waals surface area contributed by atoms with Crippen molar-refractivity contribution in [2.75, 3.05) is 33.0 Å². The molecule has 0 unspecified atom stereocenters. The van der Waals surface area contributed by atoms with Crippen molar-refractivity contribution in [1.82, 2.24) is 0 Å². The lowest BCUT2D eigenvalue weighted by Crippen LogP contribution is -2.19. The zero-order valence-electron chi connectivity index (χ0n) is 10.9. The molecule has 0 spiro atoms. The lowest BCUT2D eigenvalue weighted by atomic mass is 10.1. The zero-order valence-corrected chi connectivity index (χ0v) is 10.9. The number of esters is 1. The van der Waals surface area contributed by atoms with Crippen LogP contribution in [0.4, 0.5) is 0 Å². The van der Waals surface area contributed by atoms with Crippen molar-refractivity contribution in [2.24, 2.45) is 5.92 Å². The van der Waals surface area contributed by atoms with Crippen LogP contribution in [0.2, 0.25) is 0 Å². The summed E-state index contributed by atoms with van der Waals surface area (Å²) >= 11 is 0. The normalized spacial score (nSPS) is 10.6. The molecule has 0 heterocycles. The van der Waals surface area contributed by atoms with E-state index in [-0.39, 0.29) is 38.1 Å². The van der Waals surface area contributed by atoms with E-state index in [4.69, 9.17) is 14.2 Å². The summed E-state index contributed by atoms with van der Waals surface area (Å²) in [5, 5.41) is 0. The van der Waals surface area contributed by atoms with Crippen LogP contribution in [0, 0.1) is 5.92 Å². The van der Waals surface area contributed by atoms with Gasteiger partial charge < -0.3 is 14.2 Å². The third-order valence-electron chi connectivity index (χ3n) is 1.95. The second kappa shape index (κ2) is 10.2. The first-order valence-electron chi connectivity index (χ1n) is 5.91. The summed E-state index contributed by atoms with van der Waals surface area (Å²) in [5.41, 5.74) is 0. The Labute approximate surface area is 102 Å². The van der Waals surface area contributed by atoms with Gasteiger partial charge in [0.15, 0.2) is 5.78 Å². The minimum absolute atomic E-state index is 0.0278. The number of carbonyl (C=O) groups excluding carboxylic acids is 2. The molecule has 0 aromatic rings. The lowest BCUT2D eigenvalue weighted by molar-refractivity contribution is -0.150. The summed E-state index contributed by atoms with van der Waals surface area (Å²) in [6, 6.07) is 0. The van der Waals surface area contributed by atoms with Crippen molar-refractivity contribution in [3.63, 3.8) is 0 Å². The van der Waals surface area contributed by atoms with E-state index in [1.807, 2.05) is 20.8 Å². The molecule has 100 valence electrons. The van der Waals surface area contributed by atoms with E-state index in [1.165, 1.54) is 0 Å². The van der Waals surface area contributed by atoms with Crippen LogP contribution < -0.4 is 0 Å². The topological polar surface area (TPSA) is 61.8 Å². The molecule has 0 fully saturated rings. The quantitative estimate of drug-likeness (QED) is 0.428. The minimum atomic E-state index is -0.405. The van der Waals surface area contributed by atoms with Gasteiger partial charge in [-0.2, -0.15) is 0 Å². The third kappa shape index (κ3) is 9.96. The van der Waals surface area contributed by atoms with E-state index in [0.717, 1.165) is 6.42 Å². The van der Waals surface area contributed by atoms with Crippen LogP contribution in [0.25, 0.3) is 0 Å². The van der Waals surface area contributed by atoms with Crippen LogP contribution in [0.1, 0.15) is 27.2 Å². The molecule has 17 heavy (non-hydrogen) atoms. The Morgan fingerprint density at radius 2 is 1.65 bits per heavy atom. The van der Waals surface area contributed by atoms with Crippen LogP contribution in [0.5, 0.6) is 0 Å². The van der Waals surface area contributed by atoms with Gasteiger partial charge in [0.05, 0.1) is 6.61 Å². The summed E-state index contributed by atoms with van der Waals surface area (Å²) in [5.74, 6) is -0.389. The second-order valence-electron chi connectivity index (χ2n) is 3.95. The van der Waals surface area contributed by atoms with E-state index in [0.29, 0.717) is 6.61 Å². The predicted octanol–water partition coefficient (Wildman–Crippen LogP) is 1.20. The Hall–Kier alpha value is -0.940. The van der Waals surface area contributed by atoms with Gasteiger partial charge >= 0.3 is 5.97 Å². The molecule has 0 radical (unpaired) electrons. The first-order chi connectivity index (χ1) is 8.07. The molecular weight excluding hydrogens is 224 g/mol. The zero-order chi connectivity index (χ0) is 13.1. The van der Waals surface area contributed by atoms with E-state index in [2.05, 4.69) is 0 Å². The Kier molecular flexibility index (Phi) is 9.66. The molecule has 5 heteroatoms. The number of ether oxygens (including phenoxy) is 3. The van der Waals surface area contributed by atoms with Gasteiger partial charge in [0.2, 0.25) is 0 Å². The molecule has 0 N–H and O–H groups in total. The second-order valence-corrected chi connectivity index (χ2v) is 3.95. The number of hydrogen-bond donors (Lipinski definition) is 0. The van der Waals surface area contributed by atoms with Gasteiger partial charge in [-0.05, 0) is 6.42 Å². The molecule has 0 aliphatic rings. The van der Waals surface area contributed by atoms with Crippen LogP contribution >= 0.6 is 0 Å². The first kappa shape index (κ1) is 16.1. The van der Waals surface area contributed by atoms with Gasteiger partial charge in [-0.25, -0.2) is 4.79 Å². The number of hydrogen-bond acceptors (Lipinski definition) is 5. The fourth-order valence-electron chi connectivity index (χ4n) is 0.895. The Morgan fingerprint density at radius 3 is 2.24 bits per heavy atom. The molecule has 0 bridgehead atoms. The SMILES string of the molecule is CCCOCC(=O)OCCOCC(=O)C(C)C. The van der Waals surface area contributed by atoms with Crippen molar-refractivity contribution < 1.29 is 23.8 Å². The van der Waals surface area contributed by atoms with Crippen molar-refractivity contribution >= 4 is 11.8 Å². The number of ketones is 1. The molecule has 0 amide bonds. The van der Waals surface area contributed by atoms with Gasteiger partial charge in [-0.3, -0.25) is 4.79 Å². The standard InChI is InChI=1S/C12H22O5/c1-4-5-15-9-12(14)17-7-6-16-8-11(13)10(2)3/h10H,4-9H2,1-3H3. The fraction of sp³-hybridized carbons (Fsp3) is 0.833. The molecule has 0 saturated carbocycles. The monoisotopic (exact) mass is 246 g/mol. The molecule has 0 saturated heterocycles. The van der Waals surface area contributed by atoms with E-state index in [9.17, 15) is 9.59 Å². The maximum atomic E-state index is 11.2. The highest BCUT2D eigenvalue weighted by Crippen LogP contribution is 1.94. The summed E-state index contributed by atoms with van der Waals surface area (Å²) in [7, 11) is 0. The Balaban J connectivity index is 3.33. The van der Waals surface area contributed by atoms with Gasteiger partial charge in [0, 0.05) is 12.5 Å². The number of carbonyl (C=O) groups is 2. The molecular formula is C12H22O5. The average molecular weight is 246 g/mol. The highest BCUT2D eigenvalue weighted by Gasteiger charge is 2.07. The fourth-order valence-corrected chi connectivity index (χ4v) is 0.895. The molecule has 0 atom stereocenters. The molecule has 0 aromatic carbocycles. The molecule has 0 rings (SSSR count). The van der Waals surface area contributed by atoms with Crippen LogP contribution in [0.15, 0.2) is 0 Å². The Morgan fingerprint density at radius 1 is 1.00 bits per heavy atom. The predicted molar refractivity (Wildman–Crippen MR) is 62.7 cm³/mol. The maximum absolute atomic E-state index is 11.2. The Bertz CT molecular complexity index is 225. The van der Waals surface area contributed by atoms with E-state index >= 15 is 0 Å². The first-order valence-corrected chi connectivity index (χ1v) is 5.91. The van der Waals surface area contributed by atoms with Gasteiger partial charge in [-0.15, -0.1) is 0 Å². The van der Waals surface area contributed by atoms with Gasteiger partial charge in [0.1, 0.15) is 19.8 Å². The maximum Gasteiger partial charge on any atom is 0.332 e. The van der Waals surface area contributed by atoms with Crippen LogP contribution in [-0.4, -0.2) is 44.8 Å². The average Bonchev–Trinajstić information content (AvgIpc) is 2.28. The third-order valence-corrected chi connectivity index (χ3v) is 1.95. The summed E-state index contributed by atoms with van der Waals surface area (Å²) < 4.78 is 14.9. The number of rotatable bonds is 10. The van der Waals surface area contributed by atoms with E-state index < -0.39 is 5.97 Å². The summed E-state index contributed by atoms with van der Waals surface area (Å²) in [6.07, 6.45) is 0.869. The van der Waals surface area contributed by atoms with Crippen molar-refractivity contribution in [1.29, 1.82) is 0 Å². The van der Waals surface area contributed by atoms with E-state index in [1.54, 1.807) is 0 Å². The highest BCUT2D eigenvalue weighted by molar-refractivity contribution is 5.81. The van der Waals surface area contributed by atoms with Crippen LogP contribution in [-0.2, 0) is 23.8 Å². The minimum Gasteiger partial charge on any atom is -0.462 e. The molecule has 0 aliphatic heterocycles. The molecule has 5 nitrogen and oxygen atoms in total.